The summed E-state index contributed by atoms with van der Waals surface area (Å²) in [5.41, 5.74) is 4.97. The maximum Gasteiger partial charge on any atom is 0.416 e. The first-order valence-corrected chi connectivity index (χ1v) is 13.1. The average molecular weight is 593 g/mol. The number of amides is 1. The van der Waals surface area contributed by atoms with Crippen molar-refractivity contribution in [2.24, 2.45) is 5.10 Å². The van der Waals surface area contributed by atoms with Gasteiger partial charge in [0.15, 0.2) is 10.9 Å². The summed E-state index contributed by atoms with van der Waals surface area (Å²) < 4.78 is 44.5. The van der Waals surface area contributed by atoms with E-state index in [9.17, 15) is 18.0 Å². The zero-order chi connectivity index (χ0) is 28.0. The van der Waals surface area contributed by atoms with E-state index in [1.54, 1.807) is 17.5 Å². The van der Waals surface area contributed by atoms with Gasteiger partial charge in [-0.05, 0) is 48.4 Å². The summed E-state index contributed by atoms with van der Waals surface area (Å²) in [6.45, 7) is 2.30. The quantitative estimate of drug-likeness (QED) is 0.154. The molecule has 0 bridgehead atoms. The molecular weight excluding hydrogens is 572 g/mol. The van der Waals surface area contributed by atoms with E-state index in [0.717, 1.165) is 34.6 Å². The van der Waals surface area contributed by atoms with Gasteiger partial charge in [-0.25, -0.2) is 10.4 Å². The molecule has 0 atom stereocenters. The van der Waals surface area contributed by atoms with Gasteiger partial charge in [0.1, 0.15) is 6.61 Å². The third-order valence-corrected chi connectivity index (χ3v) is 6.63. The van der Waals surface area contributed by atoms with Crippen LogP contribution in [0.25, 0.3) is 0 Å². The van der Waals surface area contributed by atoms with E-state index < -0.39 is 17.6 Å². The molecule has 6 nitrogen and oxygen atoms in total. The van der Waals surface area contributed by atoms with E-state index in [4.69, 9.17) is 27.9 Å². The minimum absolute atomic E-state index is 0.0780. The monoisotopic (exact) mass is 592 g/mol. The molecule has 202 valence electrons. The van der Waals surface area contributed by atoms with Gasteiger partial charge in [-0.2, -0.15) is 18.3 Å². The van der Waals surface area contributed by atoms with Crippen LogP contribution in [0.1, 0.15) is 27.9 Å². The molecule has 0 fully saturated rings. The van der Waals surface area contributed by atoms with Crippen LogP contribution in [0.2, 0.25) is 10.0 Å². The van der Waals surface area contributed by atoms with Crippen molar-refractivity contribution < 1.29 is 22.7 Å². The molecule has 1 heterocycles. The molecule has 39 heavy (non-hydrogen) atoms. The van der Waals surface area contributed by atoms with Crippen molar-refractivity contribution in [3.8, 4) is 5.75 Å². The Labute approximate surface area is 236 Å². The van der Waals surface area contributed by atoms with E-state index in [0.29, 0.717) is 38.8 Å². The highest BCUT2D eigenvalue weighted by atomic mass is 35.5. The molecule has 0 radical (unpaired) electrons. The Bertz CT molecular complexity index is 1470. The second-order valence-corrected chi connectivity index (χ2v) is 10.1. The van der Waals surface area contributed by atoms with Gasteiger partial charge in [0.2, 0.25) is 5.91 Å². The summed E-state index contributed by atoms with van der Waals surface area (Å²) in [4.78, 5) is 16.5. The molecule has 2 N–H and O–H groups in total. The summed E-state index contributed by atoms with van der Waals surface area (Å²) in [5, 5.41) is 9.33. The number of carbonyl (C=O) groups is 1. The molecule has 3 aromatic carbocycles. The molecule has 4 rings (SSSR count). The predicted octanol–water partition coefficient (Wildman–Crippen LogP) is 7.79. The highest BCUT2D eigenvalue weighted by Crippen LogP contribution is 2.35. The van der Waals surface area contributed by atoms with Crippen LogP contribution in [0.4, 0.5) is 24.0 Å². The van der Waals surface area contributed by atoms with Crippen molar-refractivity contribution in [1.82, 2.24) is 10.4 Å². The molecule has 0 saturated heterocycles. The number of halogens is 5. The molecule has 1 aromatic heterocycles. The molecule has 0 aliphatic carbocycles. The number of rotatable bonds is 9. The standard InChI is InChI=1S/C27H21Cl2F3N4O2S/c1-16-5-7-17(8-6-16)14-38-25-22(28)9-18(10-23(25)29)13-33-36-24(37)12-21-15-39-26(35-21)34-20-4-2-3-19(11-20)27(30,31)32/h2-11,13,15H,12,14H2,1H3,(H,34,35)(H,36,37)/b33-13-. The second kappa shape index (κ2) is 12.5. The van der Waals surface area contributed by atoms with Crippen LogP contribution in [0.15, 0.2) is 71.1 Å². The molecule has 4 aromatic rings. The third kappa shape index (κ3) is 8.19. The molecule has 1 amide bonds. The van der Waals surface area contributed by atoms with Crippen molar-refractivity contribution in [3.63, 3.8) is 0 Å². The zero-order valence-electron chi connectivity index (χ0n) is 20.4. The number of aromatic nitrogens is 1. The van der Waals surface area contributed by atoms with Gasteiger partial charge in [-0.15, -0.1) is 11.3 Å². The third-order valence-electron chi connectivity index (χ3n) is 5.26. The first-order valence-electron chi connectivity index (χ1n) is 11.4. The van der Waals surface area contributed by atoms with E-state index in [1.165, 1.54) is 18.3 Å². The number of carbonyl (C=O) groups excluding carboxylic acids is 1. The van der Waals surface area contributed by atoms with Crippen LogP contribution in [0.5, 0.6) is 5.75 Å². The number of alkyl halides is 3. The number of nitrogens with zero attached hydrogens (tertiary/aromatic N) is 2. The Morgan fingerprint density at radius 1 is 1.10 bits per heavy atom. The lowest BCUT2D eigenvalue weighted by Crippen LogP contribution is -2.19. The fraction of sp³-hybridized carbons (Fsp3) is 0.148. The lowest BCUT2D eigenvalue weighted by molar-refractivity contribution is -0.137. The summed E-state index contributed by atoms with van der Waals surface area (Å²) in [5.74, 6) is -0.0874. The van der Waals surface area contributed by atoms with Crippen LogP contribution in [-0.4, -0.2) is 17.1 Å². The molecular formula is C27H21Cl2F3N4O2S. The first kappa shape index (κ1) is 28.4. The first-order chi connectivity index (χ1) is 18.6. The SMILES string of the molecule is Cc1ccc(COc2c(Cl)cc(/C=N\NC(=O)Cc3csc(Nc4cccc(C(F)(F)F)c4)n3)cc2Cl)cc1. The van der Waals surface area contributed by atoms with E-state index >= 15 is 0 Å². The molecule has 0 saturated carbocycles. The highest BCUT2D eigenvalue weighted by molar-refractivity contribution is 7.13. The second-order valence-electron chi connectivity index (χ2n) is 8.41. The fourth-order valence-electron chi connectivity index (χ4n) is 3.36. The van der Waals surface area contributed by atoms with Gasteiger partial charge >= 0.3 is 6.18 Å². The number of aryl methyl sites for hydroxylation is 1. The Kier molecular flexibility index (Phi) is 9.11. The van der Waals surface area contributed by atoms with Crippen molar-refractivity contribution in [1.29, 1.82) is 0 Å². The Morgan fingerprint density at radius 2 is 1.82 bits per heavy atom. The molecule has 0 unspecified atom stereocenters. The molecule has 12 heteroatoms. The molecule has 0 aliphatic rings. The van der Waals surface area contributed by atoms with Crippen molar-refractivity contribution in [3.05, 3.63) is 104 Å². The number of anilines is 2. The number of ether oxygens (including phenoxy) is 1. The Morgan fingerprint density at radius 3 is 2.51 bits per heavy atom. The summed E-state index contributed by atoms with van der Waals surface area (Å²) in [6, 6.07) is 15.9. The molecule has 0 aliphatic heterocycles. The van der Waals surface area contributed by atoms with Gasteiger partial charge in [-0.3, -0.25) is 4.79 Å². The maximum atomic E-state index is 12.9. The molecule has 0 spiro atoms. The number of thiazole rings is 1. The normalized spacial score (nSPS) is 11.5. The van der Waals surface area contributed by atoms with Crippen molar-refractivity contribution in [2.75, 3.05) is 5.32 Å². The smallest absolute Gasteiger partial charge is 0.416 e. The van der Waals surface area contributed by atoms with Gasteiger partial charge in [0, 0.05) is 11.1 Å². The summed E-state index contributed by atoms with van der Waals surface area (Å²) >= 11 is 13.8. The maximum absolute atomic E-state index is 12.9. The zero-order valence-corrected chi connectivity index (χ0v) is 22.7. The summed E-state index contributed by atoms with van der Waals surface area (Å²) in [7, 11) is 0. The lowest BCUT2D eigenvalue weighted by Gasteiger charge is -2.11. The van der Waals surface area contributed by atoms with E-state index in [1.807, 2.05) is 31.2 Å². The average Bonchev–Trinajstić information content (AvgIpc) is 3.30. The number of benzene rings is 3. The largest absolute Gasteiger partial charge is 0.486 e. The summed E-state index contributed by atoms with van der Waals surface area (Å²) in [6.07, 6.45) is -3.13. The number of hydrogen-bond donors (Lipinski definition) is 2. The van der Waals surface area contributed by atoms with Gasteiger partial charge in [0.25, 0.3) is 0 Å². The van der Waals surface area contributed by atoms with Gasteiger partial charge in [0.05, 0.1) is 33.9 Å². The Hall–Kier alpha value is -3.60. The van der Waals surface area contributed by atoms with E-state index in [2.05, 4.69) is 20.8 Å². The number of hydrazone groups is 1. The Balaban J connectivity index is 1.29. The van der Waals surface area contributed by atoms with Crippen LogP contribution in [-0.2, 0) is 24.0 Å². The minimum Gasteiger partial charge on any atom is -0.486 e. The highest BCUT2D eigenvalue weighted by Gasteiger charge is 2.30. The minimum atomic E-state index is -4.45. The predicted molar refractivity (Wildman–Crippen MR) is 148 cm³/mol. The van der Waals surface area contributed by atoms with Gasteiger partial charge < -0.3 is 10.1 Å². The topological polar surface area (TPSA) is 75.6 Å². The van der Waals surface area contributed by atoms with Gasteiger partial charge in [-0.1, -0.05) is 59.1 Å². The van der Waals surface area contributed by atoms with Crippen molar-refractivity contribution >= 4 is 57.5 Å². The van der Waals surface area contributed by atoms with Crippen LogP contribution < -0.4 is 15.5 Å². The van der Waals surface area contributed by atoms with Crippen LogP contribution in [0.3, 0.4) is 0 Å². The lowest BCUT2D eigenvalue weighted by atomic mass is 10.2. The number of hydrogen-bond acceptors (Lipinski definition) is 6. The van der Waals surface area contributed by atoms with Crippen LogP contribution >= 0.6 is 34.5 Å². The van der Waals surface area contributed by atoms with Crippen molar-refractivity contribution in [2.45, 2.75) is 26.1 Å². The fourth-order valence-corrected chi connectivity index (χ4v) is 4.70. The number of nitrogens with one attached hydrogen (secondary N) is 2. The van der Waals surface area contributed by atoms with Crippen LogP contribution in [0, 0.1) is 6.92 Å². The van der Waals surface area contributed by atoms with E-state index in [-0.39, 0.29) is 12.1 Å².